The highest BCUT2D eigenvalue weighted by molar-refractivity contribution is 7.98. The van der Waals surface area contributed by atoms with Gasteiger partial charge in [0, 0.05) is 11.6 Å². The molecule has 0 saturated carbocycles. The topological polar surface area (TPSA) is 21.3 Å². The lowest BCUT2D eigenvalue weighted by molar-refractivity contribution is 0.401. The molecule has 2 nitrogen and oxygen atoms in total. The molecule has 0 aromatic heterocycles. The number of thioether (sulfide) groups is 1. The Labute approximate surface area is 122 Å². The summed E-state index contributed by atoms with van der Waals surface area (Å²) < 4.78 is 5.46. The summed E-state index contributed by atoms with van der Waals surface area (Å²) in [7, 11) is 1.74. The van der Waals surface area contributed by atoms with Gasteiger partial charge in [0.1, 0.15) is 5.75 Å². The summed E-state index contributed by atoms with van der Waals surface area (Å²) in [5, 5.41) is 3.58. The summed E-state index contributed by atoms with van der Waals surface area (Å²) in [6.07, 6.45) is 6.06. The molecule has 108 valence electrons. The Kier molecular flexibility index (Phi) is 7.99. The van der Waals surface area contributed by atoms with Gasteiger partial charge in [-0.15, -0.1) is 0 Å². The van der Waals surface area contributed by atoms with Gasteiger partial charge in [0.05, 0.1) is 7.11 Å². The number of hydrogen-bond donors (Lipinski definition) is 1. The van der Waals surface area contributed by atoms with Crippen LogP contribution in [0.4, 0.5) is 0 Å². The van der Waals surface area contributed by atoms with Gasteiger partial charge in [-0.3, -0.25) is 0 Å². The number of hydrogen-bond acceptors (Lipinski definition) is 3. The van der Waals surface area contributed by atoms with Gasteiger partial charge in [0.2, 0.25) is 0 Å². The molecule has 0 fully saturated rings. The van der Waals surface area contributed by atoms with E-state index in [4.69, 9.17) is 4.74 Å². The van der Waals surface area contributed by atoms with Crippen molar-refractivity contribution in [1.29, 1.82) is 0 Å². The maximum absolute atomic E-state index is 5.46. The van der Waals surface area contributed by atoms with Crippen LogP contribution in [0.5, 0.6) is 5.75 Å². The third-order valence-electron chi connectivity index (χ3n) is 3.33. The van der Waals surface area contributed by atoms with Gasteiger partial charge >= 0.3 is 0 Å². The second-order valence-corrected chi connectivity index (χ2v) is 5.96. The van der Waals surface area contributed by atoms with Crippen molar-refractivity contribution in [1.82, 2.24) is 5.32 Å². The van der Waals surface area contributed by atoms with Crippen LogP contribution in [0.15, 0.2) is 18.2 Å². The number of methoxy groups -OCH3 is 1. The monoisotopic (exact) mass is 281 g/mol. The van der Waals surface area contributed by atoms with Gasteiger partial charge < -0.3 is 10.1 Å². The fourth-order valence-electron chi connectivity index (χ4n) is 2.15. The SMILES string of the molecule is COc1cc(C)ccc1C(C)NCCCCCSC. The van der Waals surface area contributed by atoms with E-state index in [9.17, 15) is 0 Å². The van der Waals surface area contributed by atoms with Crippen LogP contribution in [0.1, 0.15) is 43.4 Å². The van der Waals surface area contributed by atoms with Gasteiger partial charge in [0.25, 0.3) is 0 Å². The van der Waals surface area contributed by atoms with Crippen LogP contribution in [0.25, 0.3) is 0 Å². The van der Waals surface area contributed by atoms with Crippen molar-refractivity contribution in [3.63, 3.8) is 0 Å². The Bertz CT molecular complexity index is 368. The molecule has 3 heteroatoms. The summed E-state index contributed by atoms with van der Waals surface area (Å²) in [4.78, 5) is 0. The van der Waals surface area contributed by atoms with Crippen molar-refractivity contribution in [2.45, 2.75) is 39.2 Å². The Morgan fingerprint density at radius 3 is 2.74 bits per heavy atom. The van der Waals surface area contributed by atoms with Crippen molar-refractivity contribution in [2.75, 3.05) is 25.7 Å². The molecular weight excluding hydrogens is 254 g/mol. The summed E-state index contributed by atoms with van der Waals surface area (Å²) in [5.74, 6) is 2.27. The molecule has 0 spiro atoms. The van der Waals surface area contributed by atoms with Gasteiger partial charge in [0.15, 0.2) is 0 Å². The summed E-state index contributed by atoms with van der Waals surface area (Å²) >= 11 is 1.93. The first-order valence-electron chi connectivity index (χ1n) is 7.06. The zero-order valence-corrected chi connectivity index (χ0v) is 13.5. The highest BCUT2D eigenvalue weighted by Crippen LogP contribution is 2.25. The average molecular weight is 281 g/mol. The van der Waals surface area contributed by atoms with Crippen molar-refractivity contribution in [3.8, 4) is 5.75 Å². The van der Waals surface area contributed by atoms with Crippen LogP contribution in [-0.2, 0) is 0 Å². The molecule has 0 aliphatic rings. The molecule has 1 rings (SSSR count). The van der Waals surface area contributed by atoms with E-state index >= 15 is 0 Å². The molecule has 1 aromatic rings. The van der Waals surface area contributed by atoms with Crippen LogP contribution in [0.3, 0.4) is 0 Å². The Morgan fingerprint density at radius 1 is 1.26 bits per heavy atom. The predicted molar refractivity (Wildman–Crippen MR) is 86.4 cm³/mol. The van der Waals surface area contributed by atoms with Gasteiger partial charge in [-0.05, 0) is 56.9 Å². The van der Waals surface area contributed by atoms with E-state index in [1.807, 2.05) is 11.8 Å². The lowest BCUT2D eigenvalue weighted by atomic mass is 10.0. The summed E-state index contributed by atoms with van der Waals surface area (Å²) in [5.41, 5.74) is 2.49. The molecule has 0 radical (unpaired) electrons. The quantitative estimate of drug-likeness (QED) is 0.686. The fourth-order valence-corrected chi connectivity index (χ4v) is 2.65. The maximum atomic E-state index is 5.46. The van der Waals surface area contributed by atoms with E-state index in [1.54, 1.807) is 7.11 Å². The highest BCUT2D eigenvalue weighted by atomic mass is 32.2. The van der Waals surface area contributed by atoms with E-state index < -0.39 is 0 Å². The molecule has 1 aromatic carbocycles. The lowest BCUT2D eigenvalue weighted by Gasteiger charge is -2.17. The highest BCUT2D eigenvalue weighted by Gasteiger charge is 2.10. The minimum atomic E-state index is 0.344. The fraction of sp³-hybridized carbons (Fsp3) is 0.625. The average Bonchev–Trinajstić information content (AvgIpc) is 2.42. The minimum absolute atomic E-state index is 0.344. The summed E-state index contributed by atoms with van der Waals surface area (Å²) in [6, 6.07) is 6.76. The van der Waals surface area contributed by atoms with E-state index in [0.29, 0.717) is 6.04 Å². The van der Waals surface area contributed by atoms with Crippen LogP contribution >= 0.6 is 11.8 Å². The second kappa shape index (κ2) is 9.27. The number of unbranched alkanes of at least 4 members (excludes halogenated alkanes) is 2. The first-order chi connectivity index (χ1) is 9.19. The third-order valence-corrected chi connectivity index (χ3v) is 4.03. The first-order valence-corrected chi connectivity index (χ1v) is 8.45. The number of ether oxygens (including phenoxy) is 1. The molecular formula is C16H27NOS. The molecule has 1 atom stereocenters. The van der Waals surface area contributed by atoms with Crippen molar-refractivity contribution >= 4 is 11.8 Å². The van der Waals surface area contributed by atoms with Crippen LogP contribution in [-0.4, -0.2) is 25.7 Å². The predicted octanol–water partition coefficient (Wildman–Crippen LogP) is 4.19. The minimum Gasteiger partial charge on any atom is -0.496 e. The largest absolute Gasteiger partial charge is 0.496 e. The van der Waals surface area contributed by atoms with E-state index in [2.05, 4.69) is 43.6 Å². The standard InChI is InChI=1S/C16H27NOS/c1-13-8-9-15(16(12-13)18-3)14(2)17-10-6-5-7-11-19-4/h8-9,12,14,17H,5-7,10-11H2,1-4H3. The van der Waals surface area contributed by atoms with Crippen molar-refractivity contribution in [3.05, 3.63) is 29.3 Å². The van der Waals surface area contributed by atoms with E-state index in [1.165, 1.54) is 36.1 Å². The van der Waals surface area contributed by atoms with E-state index in [0.717, 1.165) is 12.3 Å². The molecule has 19 heavy (non-hydrogen) atoms. The zero-order valence-electron chi connectivity index (χ0n) is 12.7. The third kappa shape index (κ3) is 5.87. The number of benzene rings is 1. The van der Waals surface area contributed by atoms with Gasteiger partial charge in [-0.25, -0.2) is 0 Å². The van der Waals surface area contributed by atoms with Crippen LogP contribution in [0.2, 0.25) is 0 Å². The maximum Gasteiger partial charge on any atom is 0.123 e. The molecule has 0 heterocycles. The first kappa shape index (κ1) is 16.4. The van der Waals surface area contributed by atoms with E-state index in [-0.39, 0.29) is 0 Å². The Hall–Kier alpha value is -0.670. The number of aryl methyl sites for hydroxylation is 1. The number of nitrogens with one attached hydrogen (secondary N) is 1. The smallest absolute Gasteiger partial charge is 0.123 e. The molecule has 1 unspecified atom stereocenters. The normalized spacial score (nSPS) is 12.4. The molecule has 0 saturated heterocycles. The Morgan fingerprint density at radius 2 is 2.05 bits per heavy atom. The van der Waals surface area contributed by atoms with Gasteiger partial charge in [-0.2, -0.15) is 11.8 Å². The molecule has 1 N–H and O–H groups in total. The molecule has 0 aliphatic carbocycles. The van der Waals surface area contributed by atoms with Crippen LogP contribution in [0, 0.1) is 6.92 Å². The molecule has 0 aliphatic heterocycles. The zero-order chi connectivity index (χ0) is 14.1. The van der Waals surface area contributed by atoms with Crippen molar-refractivity contribution < 1.29 is 4.74 Å². The molecule has 0 bridgehead atoms. The second-order valence-electron chi connectivity index (χ2n) is 4.97. The summed E-state index contributed by atoms with van der Waals surface area (Å²) in [6.45, 7) is 5.37. The van der Waals surface area contributed by atoms with Crippen molar-refractivity contribution in [2.24, 2.45) is 0 Å². The lowest BCUT2D eigenvalue weighted by Crippen LogP contribution is -2.20. The van der Waals surface area contributed by atoms with Crippen LogP contribution < -0.4 is 10.1 Å². The number of rotatable bonds is 9. The Balaban J connectivity index is 2.38. The molecule has 0 amide bonds. The van der Waals surface area contributed by atoms with Gasteiger partial charge in [-0.1, -0.05) is 18.6 Å².